The van der Waals surface area contributed by atoms with Crippen molar-refractivity contribution in [3.05, 3.63) is 58.0 Å². The lowest BCUT2D eigenvalue weighted by Crippen LogP contribution is -2.40. The molecule has 0 spiro atoms. The number of rotatable bonds is 3. The van der Waals surface area contributed by atoms with Crippen molar-refractivity contribution in [2.75, 3.05) is 0 Å². The van der Waals surface area contributed by atoms with E-state index < -0.39 is 5.63 Å². The summed E-state index contributed by atoms with van der Waals surface area (Å²) in [5.74, 6) is 0.439. The summed E-state index contributed by atoms with van der Waals surface area (Å²) in [6.45, 7) is 12.7. The highest BCUT2D eigenvalue weighted by molar-refractivity contribution is 5.61. The molecule has 0 radical (unpaired) electrons. The van der Waals surface area contributed by atoms with Crippen LogP contribution >= 0.6 is 0 Å². The zero-order chi connectivity index (χ0) is 12.1. The third kappa shape index (κ3) is 1.96. The third-order valence-corrected chi connectivity index (χ3v) is 2.23. The van der Waals surface area contributed by atoms with E-state index in [9.17, 15) is 4.79 Å². The topological polar surface area (TPSA) is 30.2 Å². The largest absolute Gasteiger partial charge is 0.422 e. The molecule has 0 aliphatic rings. The highest BCUT2D eigenvalue weighted by Crippen LogP contribution is 2.02. The van der Waals surface area contributed by atoms with Gasteiger partial charge in [-0.2, -0.15) is 0 Å². The SMILES string of the molecule is C=C/C=c1/c(=O)oc(C=C)c(C=C)/c1=C/C. The predicted octanol–water partition coefficient (Wildman–Crippen LogP) is 1.69. The van der Waals surface area contributed by atoms with Crippen LogP contribution in [0.15, 0.2) is 35.0 Å². The van der Waals surface area contributed by atoms with Gasteiger partial charge in [-0.15, -0.1) is 0 Å². The number of hydrogen-bond acceptors (Lipinski definition) is 2. The molecule has 0 aromatic carbocycles. The minimum Gasteiger partial charge on any atom is -0.422 e. The fourth-order valence-electron chi connectivity index (χ4n) is 1.55. The molecule has 2 heteroatoms. The molecule has 1 aromatic rings. The normalized spacial score (nSPS) is 12.6. The summed E-state index contributed by atoms with van der Waals surface area (Å²) >= 11 is 0. The Morgan fingerprint density at radius 1 is 1.12 bits per heavy atom. The predicted molar refractivity (Wildman–Crippen MR) is 69.2 cm³/mol. The summed E-state index contributed by atoms with van der Waals surface area (Å²) in [7, 11) is 0. The van der Waals surface area contributed by atoms with E-state index in [0.29, 0.717) is 11.0 Å². The fraction of sp³-hybridized carbons (Fsp3) is 0.0714. The first-order valence-electron chi connectivity index (χ1n) is 4.90. The Morgan fingerprint density at radius 3 is 2.25 bits per heavy atom. The molecular weight excluding hydrogens is 200 g/mol. The summed E-state index contributed by atoms with van der Waals surface area (Å²) in [5, 5.41) is 1.28. The van der Waals surface area contributed by atoms with Gasteiger partial charge in [0, 0.05) is 5.56 Å². The molecule has 1 heterocycles. The molecule has 1 rings (SSSR count). The van der Waals surface area contributed by atoms with Gasteiger partial charge in [-0.05, 0) is 24.3 Å². The van der Waals surface area contributed by atoms with Gasteiger partial charge in [0.05, 0.1) is 5.22 Å². The average Bonchev–Trinajstić information content (AvgIpc) is 2.30. The quantitative estimate of drug-likeness (QED) is 0.766. The van der Waals surface area contributed by atoms with Crippen molar-refractivity contribution < 1.29 is 4.42 Å². The Hall–Kier alpha value is -2.09. The lowest BCUT2D eigenvalue weighted by Gasteiger charge is -2.00. The Labute approximate surface area is 94.2 Å². The molecule has 0 bridgehead atoms. The Morgan fingerprint density at radius 2 is 1.81 bits per heavy atom. The first kappa shape index (κ1) is 12.0. The maximum absolute atomic E-state index is 11.7. The Kier molecular flexibility index (Phi) is 3.84. The van der Waals surface area contributed by atoms with Gasteiger partial charge in [0.2, 0.25) is 0 Å². The maximum atomic E-state index is 11.7. The minimum absolute atomic E-state index is 0.395. The van der Waals surface area contributed by atoms with Crippen molar-refractivity contribution >= 4 is 24.3 Å². The number of allylic oxidation sites excluding steroid dienone is 1. The third-order valence-electron chi connectivity index (χ3n) is 2.23. The van der Waals surface area contributed by atoms with Crippen molar-refractivity contribution in [2.24, 2.45) is 0 Å². The molecule has 0 aliphatic heterocycles. The highest BCUT2D eigenvalue weighted by atomic mass is 16.4. The molecule has 0 amide bonds. The van der Waals surface area contributed by atoms with Crippen LogP contribution in [0.25, 0.3) is 24.3 Å². The van der Waals surface area contributed by atoms with Crippen LogP contribution in [0.2, 0.25) is 0 Å². The van der Waals surface area contributed by atoms with Crippen LogP contribution in [-0.4, -0.2) is 0 Å². The van der Waals surface area contributed by atoms with E-state index in [1.807, 2.05) is 13.0 Å². The molecule has 1 aromatic heterocycles. The molecule has 2 nitrogen and oxygen atoms in total. The minimum atomic E-state index is -0.395. The lowest BCUT2D eigenvalue weighted by molar-refractivity contribution is 0.493. The Balaban J connectivity index is 4.04. The van der Waals surface area contributed by atoms with Crippen LogP contribution < -0.4 is 16.1 Å². The summed E-state index contributed by atoms with van der Waals surface area (Å²) in [6, 6.07) is 0. The van der Waals surface area contributed by atoms with Crippen molar-refractivity contribution in [3.63, 3.8) is 0 Å². The van der Waals surface area contributed by atoms with Gasteiger partial charge in [0.1, 0.15) is 5.76 Å². The smallest absolute Gasteiger partial charge is 0.344 e. The standard InChI is InChI=1S/C14H14O2/c1-5-9-12-10(6-2)11(7-3)13(8-4)16-14(12)15/h5-9H,1,3-4H2,2H3/b10-6-,12-9+. The first-order valence-corrected chi connectivity index (χ1v) is 4.90. The van der Waals surface area contributed by atoms with Gasteiger partial charge in [-0.25, -0.2) is 4.79 Å². The molecule has 0 saturated carbocycles. The van der Waals surface area contributed by atoms with Crippen molar-refractivity contribution in [1.29, 1.82) is 0 Å². The van der Waals surface area contributed by atoms with Gasteiger partial charge >= 0.3 is 5.63 Å². The monoisotopic (exact) mass is 214 g/mol. The van der Waals surface area contributed by atoms with Crippen LogP contribution in [0.4, 0.5) is 0 Å². The highest BCUT2D eigenvalue weighted by Gasteiger charge is 2.04. The van der Waals surface area contributed by atoms with E-state index in [2.05, 4.69) is 19.7 Å². The van der Waals surface area contributed by atoms with Gasteiger partial charge < -0.3 is 4.42 Å². The molecule has 0 saturated heterocycles. The maximum Gasteiger partial charge on any atom is 0.344 e. The number of hydrogen-bond donors (Lipinski definition) is 0. The zero-order valence-electron chi connectivity index (χ0n) is 9.32. The average molecular weight is 214 g/mol. The van der Waals surface area contributed by atoms with E-state index in [1.54, 1.807) is 18.2 Å². The van der Waals surface area contributed by atoms with Crippen LogP contribution in [0, 0.1) is 0 Å². The molecule has 82 valence electrons. The van der Waals surface area contributed by atoms with Gasteiger partial charge in [0.25, 0.3) is 0 Å². The van der Waals surface area contributed by atoms with Gasteiger partial charge in [-0.3, -0.25) is 0 Å². The van der Waals surface area contributed by atoms with Crippen molar-refractivity contribution in [3.8, 4) is 0 Å². The summed E-state index contributed by atoms with van der Waals surface area (Å²) in [6.07, 6.45) is 8.18. The van der Waals surface area contributed by atoms with Crippen LogP contribution in [0.5, 0.6) is 0 Å². The molecule has 0 unspecified atom stereocenters. The summed E-state index contributed by atoms with van der Waals surface area (Å²) in [4.78, 5) is 11.7. The molecular formula is C14H14O2. The van der Waals surface area contributed by atoms with Crippen LogP contribution in [0.1, 0.15) is 18.2 Å². The van der Waals surface area contributed by atoms with E-state index in [4.69, 9.17) is 4.42 Å². The summed E-state index contributed by atoms with van der Waals surface area (Å²) in [5.41, 5.74) is 0.374. The lowest BCUT2D eigenvalue weighted by atomic mass is 10.1. The second-order valence-electron chi connectivity index (χ2n) is 3.09. The van der Waals surface area contributed by atoms with Crippen molar-refractivity contribution in [1.82, 2.24) is 0 Å². The molecule has 0 N–H and O–H groups in total. The zero-order valence-corrected chi connectivity index (χ0v) is 9.32. The molecule has 0 aliphatic carbocycles. The van der Waals surface area contributed by atoms with Crippen LogP contribution in [-0.2, 0) is 0 Å². The van der Waals surface area contributed by atoms with Gasteiger partial charge in [0.15, 0.2) is 0 Å². The van der Waals surface area contributed by atoms with Crippen molar-refractivity contribution in [2.45, 2.75) is 6.92 Å². The van der Waals surface area contributed by atoms with Crippen LogP contribution in [0.3, 0.4) is 0 Å². The second-order valence-corrected chi connectivity index (χ2v) is 3.09. The van der Waals surface area contributed by atoms with E-state index >= 15 is 0 Å². The Bertz CT molecular complexity index is 601. The molecule has 0 fully saturated rings. The fourth-order valence-corrected chi connectivity index (χ4v) is 1.55. The molecule has 0 atom stereocenters. The first-order chi connectivity index (χ1) is 7.69. The molecule has 16 heavy (non-hydrogen) atoms. The van der Waals surface area contributed by atoms with E-state index in [0.717, 1.165) is 10.8 Å². The summed E-state index contributed by atoms with van der Waals surface area (Å²) < 4.78 is 5.13. The van der Waals surface area contributed by atoms with Gasteiger partial charge in [-0.1, -0.05) is 38.0 Å². The van der Waals surface area contributed by atoms with E-state index in [1.165, 1.54) is 6.08 Å². The van der Waals surface area contributed by atoms with E-state index in [-0.39, 0.29) is 0 Å². The second kappa shape index (κ2) is 5.12.